The lowest BCUT2D eigenvalue weighted by Crippen LogP contribution is -2.38. The maximum atomic E-state index is 13.4. The van der Waals surface area contributed by atoms with Crippen molar-refractivity contribution in [3.05, 3.63) is 98.2 Å². The Morgan fingerprint density at radius 1 is 1.13 bits per heavy atom. The second-order valence-corrected chi connectivity index (χ2v) is 9.51. The van der Waals surface area contributed by atoms with Crippen LogP contribution in [-0.2, 0) is 18.3 Å². The van der Waals surface area contributed by atoms with E-state index in [4.69, 9.17) is 10.5 Å². The van der Waals surface area contributed by atoms with Gasteiger partial charge in [-0.25, -0.2) is 9.36 Å². The molecule has 0 saturated carbocycles. The molecule has 39 heavy (non-hydrogen) atoms. The predicted molar refractivity (Wildman–Crippen MR) is 148 cm³/mol. The number of hydrogen-bond donors (Lipinski definition) is 3. The highest BCUT2D eigenvalue weighted by molar-refractivity contribution is 5.99. The predicted octanol–water partition coefficient (Wildman–Crippen LogP) is 1.97. The Kier molecular flexibility index (Phi) is 7.96. The molecule has 1 aromatic heterocycles. The third-order valence-corrected chi connectivity index (χ3v) is 6.36. The summed E-state index contributed by atoms with van der Waals surface area (Å²) >= 11 is 0. The van der Waals surface area contributed by atoms with Crippen molar-refractivity contribution in [2.45, 2.75) is 32.4 Å². The Labute approximate surface area is 224 Å². The zero-order valence-corrected chi connectivity index (χ0v) is 21.9. The number of nitrogens with zero attached hydrogens (tertiary/aromatic N) is 2. The van der Waals surface area contributed by atoms with E-state index in [1.807, 2.05) is 6.92 Å². The van der Waals surface area contributed by atoms with E-state index in [-0.39, 0.29) is 30.4 Å². The first-order valence-corrected chi connectivity index (χ1v) is 12.4. The second kappa shape index (κ2) is 11.4. The molecule has 2 unspecified atom stereocenters. The lowest BCUT2D eigenvalue weighted by molar-refractivity contribution is -0.109. The number of nitrogens with two attached hydrogens (primary N) is 1. The van der Waals surface area contributed by atoms with Gasteiger partial charge in [0.25, 0.3) is 11.5 Å². The van der Waals surface area contributed by atoms with Gasteiger partial charge in [-0.3, -0.25) is 14.2 Å². The summed E-state index contributed by atoms with van der Waals surface area (Å²) in [6.45, 7) is 3.78. The first-order valence-electron chi connectivity index (χ1n) is 12.4. The average molecular weight is 531 g/mol. The normalized spacial score (nSPS) is 12.6. The van der Waals surface area contributed by atoms with Gasteiger partial charge in [-0.1, -0.05) is 24.3 Å². The Morgan fingerprint density at radius 2 is 1.85 bits per heavy atom. The molecule has 0 aliphatic carbocycles. The van der Waals surface area contributed by atoms with Gasteiger partial charge in [-0.2, -0.15) is 0 Å². The summed E-state index contributed by atoms with van der Waals surface area (Å²) in [7, 11) is 1.58. The first kappa shape index (κ1) is 27.3. The summed E-state index contributed by atoms with van der Waals surface area (Å²) in [6, 6.07) is 15.2. The number of aromatic hydroxyl groups is 1. The van der Waals surface area contributed by atoms with E-state index in [1.165, 1.54) is 10.6 Å². The number of ether oxygens (including phenoxy) is 1. The Bertz CT molecular complexity index is 1630. The lowest BCUT2D eigenvalue weighted by atomic mass is 10.0. The molecule has 3 aromatic carbocycles. The molecule has 1 heterocycles. The van der Waals surface area contributed by atoms with Crippen molar-refractivity contribution in [3.63, 3.8) is 0 Å². The van der Waals surface area contributed by atoms with Gasteiger partial charge in [0.2, 0.25) is 0 Å². The molecule has 0 aliphatic rings. The number of nitrogens with one attached hydrogen (secondary N) is 1. The molecule has 0 bridgehead atoms. The highest BCUT2D eigenvalue weighted by Gasteiger charge is 2.19. The van der Waals surface area contributed by atoms with Crippen molar-refractivity contribution in [2.24, 2.45) is 12.8 Å². The molecular formula is C29H30N4O6. The zero-order chi connectivity index (χ0) is 28.3. The minimum Gasteiger partial charge on any atom is -0.507 e. The number of benzene rings is 3. The monoisotopic (exact) mass is 530 g/mol. The molecule has 202 valence electrons. The lowest BCUT2D eigenvalue weighted by Gasteiger charge is -2.16. The number of fused-ring (bicyclic) bond motifs is 1. The molecule has 1 amide bonds. The largest absolute Gasteiger partial charge is 0.507 e. The maximum Gasteiger partial charge on any atom is 0.335 e. The number of phenols is 1. The molecule has 4 N–H and O–H groups in total. The van der Waals surface area contributed by atoms with Gasteiger partial charge >= 0.3 is 5.69 Å². The topological polar surface area (TPSA) is 146 Å². The van der Waals surface area contributed by atoms with E-state index >= 15 is 0 Å². The number of carbonyl (C=O) groups is 2. The van der Waals surface area contributed by atoms with Crippen LogP contribution in [0, 0.1) is 6.92 Å². The van der Waals surface area contributed by atoms with E-state index in [0.717, 1.165) is 4.57 Å². The van der Waals surface area contributed by atoms with Crippen LogP contribution < -0.4 is 27.0 Å². The molecule has 10 nitrogen and oxygen atoms in total. The molecule has 2 atom stereocenters. The van der Waals surface area contributed by atoms with Crippen LogP contribution in [0.2, 0.25) is 0 Å². The van der Waals surface area contributed by atoms with Crippen molar-refractivity contribution in [2.75, 3.05) is 6.61 Å². The Balaban J connectivity index is 1.60. The van der Waals surface area contributed by atoms with Crippen molar-refractivity contribution in [1.29, 1.82) is 0 Å². The number of phenolic OH excluding ortho intramolecular Hbond substituents is 1. The smallest absolute Gasteiger partial charge is 0.335 e. The molecule has 0 fully saturated rings. The molecule has 10 heteroatoms. The first-order chi connectivity index (χ1) is 18.6. The molecule has 0 aliphatic heterocycles. The van der Waals surface area contributed by atoms with Crippen LogP contribution in [0.15, 0.2) is 70.3 Å². The summed E-state index contributed by atoms with van der Waals surface area (Å²) in [6.07, 6.45) is 0.794. The maximum absolute atomic E-state index is 13.4. The van der Waals surface area contributed by atoms with Crippen LogP contribution in [0.4, 0.5) is 0 Å². The van der Waals surface area contributed by atoms with E-state index < -0.39 is 23.2 Å². The van der Waals surface area contributed by atoms with Gasteiger partial charge in [-0.15, -0.1) is 0 Å². The van der Waals surface area contributed by atoms with Crippen LogP contribution in [-0.4, -0.2) is 45.1 Å². The van der Waals surface area contributed by atoms with E-state index in [0.29, 0.717) is 39.8 Å². The van der Waals surface area contributed by atoms with Crippen molar-refractivity contribution in [3.8, 4) is 17.2 Å². The fourth-order valence-corrected chi connectivity index (χ4v) is 4.34. The fraction of sp³-hybridized carbons (Fsp3) is 0.241. The van der Waals surface area contributed by atoms with Gasteiger partial charge in [0.1, 0.15) is 24.4 Å². The number of aldehydes is 1. The van der Waals surface area contributed by atoms with Crippen LogP contribution in [0.25, 0.3) is 16.6 Å². The highest BCUT2D eigenvalue weighted by Crippen LogP contribution is 2.21. The summed E-state index contributed by atoms with van der Waals surface area (Å²) in [4.78, 5) is 50.8. The van der Waals surface area contributed by atoms with Crippen molar-refractivity contribution >= 4 is 23.1 Å². The number of amides is 1. The van der Waals surface area contributed by atoms with Gasteiger partial charge in [0, 0.05) is 13.1 Å². The standard InChI is InChI=1S/C29H30N4O6/c1-17-5-4-6-25(35)26(17)27(36)31-20(15-34)13-19-7-9-21(10-8-19)33-28(37)23-14-22(39-16-18(2)30)11-12-24(23)32(3)29(33)38/h4-12,14-15,18,20,35H,13,16,30H2,1-3H3,(H,31,36). The Morgan fingerprint density at radius 3 is 2.49 bits per heavy atom. The van der Waals surface area contributed by atoms with Crippen LogP contribution in [0.5, 0.6) is 11.5 Å². The third kappa shape index (κ3) is 5.75. The molecule has 4 aromatic rings. The molecular weight excluding hydrogens is 500 g/mol. The van der Waals surface area contributed by atoms with Gasteiger partial charge < -0.3 is 25.7 Å². The molecule has 0 saturated heterocycles. The molecule has 0 radical (unpaired) electrons. The van der Waals surface area contributed by atoms with Crippen LogP contribution in [0.3, 0.4) is 0 Å². The van der Waals surface area contributed by atoms with Crippen LogP contribution in [0.1, 0.15) is 28.4 Å². The molecule has 0 spiro atoms. The number of aryl methyl sites for hydroxylation is 2. The summed E-state index contributed by atoms with van der Waals surface area (Å²) in [5.41, 5.74) is 6.95. The van der Waals surface area contributed by atoms with Crippen molar-refractivity contribution in [1.82, 2.24) is 14.5 Å². The quantitative estimate of drug-likeness (QED) is 0.281. The SMILES string of the molecule is Cc1cccc(O)c1C(=O)NC(C=O)Cc1ccc(-n2c(=O)c3cc(OCC(C)N)ccc3n(C)c2=O)cc1. The number of rotatable bonds is 9. The highest BCUT2D eigenvalue weighted by atomic mass is 16.5. The van der Waals surface area contributed by atoms with E-state index in [1.54, 1.807) is 68.6 Å². The number of carbonyl (C=O) groups excluding carboxylic acids is 2. The van der Waals surface area contributed by atoms with E-state index in [2.05, 4.69) is 5.32 Å². The van der Waals surface area contributed by atoms with Gasteiger partial charge in [0.05, 0.1) is 28.2 Å². The average Bonchev–Trinajstić information content (AvgIpc) is 2.91. The molecule has 4 rings (SSSR count). The summed E-state index contributed by atoms with van der Waals surface area (Å²) in [5.74, 6) is -0.259. The minimum absolute atomic E-state index is 0.109. The summed E-state index contributed by atoms with van der Waals surface area (Å²) < 4.78 is 8.10. The number of hydrogen-bond acceptors (Lipinski definition) is 7. The van der Waals surface area contributed by atoms with E-state index in [9.17, 15) is 24.3 Å². The van der Waals surface area contributed by atoms with Crippen LogP contribution >= 0.6 is 0 Å². The Hall–Kier alpha value is -4.70. The van der Waals surface area contributed by atoms with Gasteiger partial charge in [-0.05, 0) is 67.8 Å². The van der Waals surface area contributed by atoms with Gasteiger partial charge in [0.15, 0.2) is 0 Å². The van der Waals surface area contributed by atoms with Crippen molar-refractivity contribution < 1.29 is 19.4 Å². The number of aromatic nitrogens is 2. The fourth-order valence-electron chi connectivity index (χ4n) is 4.34. The zero-order valence-electron chi connectivity index (χ0n) is 21.9. The second-order valence-electron chi connectivity index (χ2n) is 9.51. The minimum atomic E-state index is -0.853. The summed E-state index contributed by atoms with van der Waals surface area (Å²) in [5, 5.41) is 13.0. The third-order valence-electron chi connectivity index (χ3n) is 6.36.